The quantitative estimate of drug-likeness (QED) is 0.165. The standard InChI is InChI=1S/C54H34N4/c1-3-18-35(19-4-1)38-23-9-10-27-42(38)50-39-24-8-7-22-37(39)34-44-53(50)56-54(52(55-44)36-20-5-2-6-21-36)58-47-31-16-13-28-43(47)51-48(32-17-33-49(51)58)57-45-29-14-11-25-40(45)41-26-12-15-30-46(41)57/h1-34H. The lowest BCUT2D eigenvalue weighted by atomic mass is 9.90. The van der Waals surface area contributed by atoms with Crippen LogP contribution in [-0.2, 0) is 0 Å². The van der Waals surface area contributed by atoms with Crippen molar-refractivity contribution in [2.75, 3.05) is 0 Å². The van der Waals surface area contributed by atoms with Crippen LogP contribution in [0.25, 0.3) is 110 Å². The van der Waals surface area contributed by atoms with Crippen LogP contribution in [0.3, 0.4) is 0 Å². The van der Waals surface area contributed by atoms with Crippen LogP contribution in [-0.4, -0.2) is 19.1 Å². The van der Waals surface area contributed by atoms with Crippen molar-refractivity contribution < 1.29 is 0 Å². The van der Waals surface area contributed by atoms with Crippen molar-refractivity contribution in [3.63, 3.8) is 0 Å². The van der Waals surface area contributed by atoms with E-state index in [9.17, 15) is 0 Å². The van der Waals surface area contributed by atoms with E-state index in [1.54, 1.807) is 0 Å². The molecule has 270 valence electrons. The molecule has 4 nitrogen and oxygen atoms in total. The van der Waals surface area contributed by atoms with Gasteiger partial charge in [-0.2, -0.15) is 0 Å². The van der Waals surface area contributed by atoms with Crippen LogP contribution in [0.5, 0.6) is 0 Å². The smallest absolute Gasteiger partial charge is 0.165 e. The predicted octanol–water partition coefficient (Wildman–Crippen LogP) is 14.0. The van der Waals surface area contributed by atoms with Gasteiger partial charge in [0.2, 0.25) is 0 Å². The van der Waals surface area contributed by atoms with Crippen molar-refractivity contribution in [1.29, 1.82) is 0 Å². The highest BCUT2D eigenvalue weighted by Gasteiger charge is 2.24. The average Bonchev–Trinajstić information content (AvgIpc) is 3.81. The zero-order valence-corrected chi connectivity index (χ0v) is 31.4. The monoisotopic (exact) mass is 738 g/mol. The van der Waals surface area contributed by atoms with Crippen molar-refractivity contribution in [1.82, 2.24) is 19.1 Å². The van der Waals surface area contributed by atoms with Gasteiger partial charge in [0.1, 0.15) is 5.69 Å². The molecular weight excluding hydrogens is 705 g/mol. The van der Waals surface area contributed by atoms with Crippen molar-refractivity contribution in [3.8, 4) is 45.0 Å². The van der Waals surface area contributed by atoms with Crippen LogP contribution in [0.4, 0.5) is 0 Å². The Morgan fingerprint density at radius 3 is 1.60 bits per heavy atom. The number of rotatable bonds is 5. The van der Waals surface area contributed by atoms with Gasteiger partial charge in [0.15, 0.2) is 5.82 Å². The Kier molecular flexibility index (Phi) is 7.20. The first-order valence-electron chi connectivity index (χ1n) is 19.8. The zero-order valence-electron chi connectivity index (χ0n) is 31.4. The van der Waals surface area contributed by atoms with Gasteiger partial charge in [-0.05, 0) is 63.9 Å². The Labute approximate surface area is 334 Å². The summed E-state index contributed by atoms with van der Waals surface area (Å²) in [5.74, 6) is 0.790. The number of fused-ring (bicyclic) bond motifs is 8. The summed E-state index contributed by atoms with van der Waals surface area (Å²) in [7, 11) is 0. The number of hydrogen-bond donors (Lipinski definition) is 0. The second kappa shape index (κ2) is 12.9. The first-order chi connectivity index (χ1) is 28.8. The van der Waals surface area contributed by atoms with Crippen LogP contribution in [0, 0.1) is 0 Å². The van der Waals surface area contributed by atoms with E-state index in [1.165, 1.54) is 27.2 Å². The predicted molar refractivity (Wildman–Crippen MR) is 242 cm³/mol. The largest absolute Gasteiger partial charge is 0.309 e. The number of aromatic nitrogens is 4. The van der Waals surface area contributed by atoms with Gasteiger partial charge in [0, 0.05) is 32.7 Å². The highest BCUT2D eigenvalue weighted by molar-refractivity contribution is 6.17. The molecule has 12 rings (SSSR count). The summed E-state index contributed by atoms with van der Waals surface area (Å²) < 4.78 is 4.78. The summed E-state index contributed by atoms with van der Waals surface area (Å²) in [4.78, 5) is 11.5. The number of hydrogen-bond acceptors (Lipinski definition) is 2. The molecule has 0 saturated carbocycles. The third-order valence-electron chi connectivity index (χ3n) is 11.7. The molecule has 0 aliphatic heterocycles. The Bertz CT molecular complexity index is 3510. The molecule has 0 spiro atoms. The molecule has 3 heterocycles. The average molecular weight is 739 g/mol. The minimum Gasteiger partial charge on any atom is -0.309 e. The third-order valence-corrected chi connectivity index (χ3v) is 11.7. The maximum atomic E-state index is 5.84. The van der Waals surface area contributed by atoms with Gasteiger partial charge < -0.3 is 4.57 Å². The van der Waals surface area contributed by atoms with Crippen LogP contribution in [0.2, 0.25) is 0 Å². The molecule has 0 amide bonds. The second-order valence-electron chi connectivity index (χ2n) is 14.9. The van der Waals surface area contributed by atoms with Crippen LogP contribution < -0.4 is 0 Å². The summed E-state index contributed by atoms with van der Waals surface area (Å²) in [5.41, 5.74) is 13.7. The summed E-state index contributed by atoms with van der Waals surface area (Å²) in [6, 6.07) is 73.5. The first kappa shape index (κ1) is 32.4. The van der Waals surface area contributed by atoms with Gasteiger partial charge >= 0.3 is 0 Å². The van der Waals surface area contributed by atoms with Crippen molar-refractivity contribution >= 4 is 65.4 Å². The number of para-hydroxylation sites is 3. The molecule has 58 heavy (non-hydrogen) atoms. The van der Waals surface area contributed by atoms with Crippen molar-refractivity contribution in [2.24, 2.45) is 0 Å². The van der Waals surface area contributed by atoms with E-state index in [0.29, 0.717) is 0 Å². The van der Waals surface area contributed by atoms with Gasteiger partial charge in [0.05, 0.1) is 38.8 Å². The molecule has 0 bridgehead atoms. The van der Waals surface area contributed by atoms with Gasteiger partial charge in [-0.1, -0.05) is 170 Å². The first-order valence-corrected chi connectivity index (χ1v) is 19.8. The van der Waals surface area contributed by atoms with Crippen molar-refractivity contribution in [2.45, 2.75) is 0 Å². The summed E-state index contributed by atoms with van der Waals surface area (Å²) in [6.45, 7) is 0. The molecule has 0 N–H and O–H groups in total. The van der Waals surface area contributed by atoms with Gasteiger partial charge in [0.25, 0.3) is 0 Å². The van der Waals surface area contributed by atoms with Crippen molar-refractivity contribution in [3.05, 3.63) is 206 Å². The lowest BCUT2D eigenvalue weighted by Gasteiger charge is -2.18. The fraction of sp³-hybridized carbons (Fsp3) is 0. The van der Waals surface area contributed by atoms with E-state index >= 15 is 0 Å². The molecule has 3 aromatic heterocycles. The molecule has 4 heteroatoms. The highest BCUT2D eigenvalue weighted by atomic mass is 15.1. The lowest BCUT2D eigenvalue weighted by molar-refractivity contribution is 1.08. The molecule has 0 fully saturated rings. The number of nitrogens with zero attached hydrogens (tertiary/aromatic N) is 4. The van der Waals surface area contributed by atoms with Gasteiger partial charge in [-0.15, -0.1) is 0 Å². The molecule has 12 aromatic rings. The Hall–Kier alpha value is -7.82. The van der Waals surface area contributed by atoms with E-state index in [4.69, 9.17) is 9.97 Å². The van der Waals surface area contributed by atoms with E-state index in [-0.39, 0.29) is 0 Å². The molecule has 0 aliphatic rings. The van der Waals surface area contributed by atoms with Gasteiger partial charge in [-0.25, -0.2) is 9.97 Å². The molecule has 9 aromatic carbocycles. The second-order valence-corrected chi connectivity index (χ2v) is 14.9. The fourth-order valence-electron chi connectivity index (χ4n) is 9.24. The molecule has 0 radical (unpaired) electrons. The SMILES string of the molecule is c1ccc(-c2ccccc2-c2c3ccccc3cc3nc(-c4ccccc4)c(-n4c5ccccc5c5c(-n6c7ccccc7c7ccccc76)cccc54)nc23)cc1. The minimum absolute atomic E-state index is 0.790. The Balaban J connectivity index is 1.23. The van der Waals surface area contributed by atoms with E-state index in [1.807, 2.05) is 0 Å². The van der Waals surface area contributed by atoms with E-state index < -0.39 is 0 Å². The maximum absolute atomic E-state index is 5.84. The molecule has 0 saturated heterocycles. The third kappa shape index (κ3) is 4.82. The molecular formula is C54H34N4. The summed E-state index contributed by atoms with van der Waals surface area (Å²) in [6.07, 6.45) is 0. The van der Waals surface area contributed by atoms with Crippen LogP contribution in [0.1, 0.15) is 0 Å². The zero-order chi connectivity index (χ0) is 38.2. The van der Waals surface area contributed by atoms with E-state index in [2.05, 4.69) is 215 Å². The summed E-state index contributed by atoms with van der Waals surface area (Å²) >= 11 is 0. The van der Waals surface area contributed by atoms with Crippen LogP contribution in [0.15, 0.2) is 206 Å². The van der Waals surface area contributed by atoms with Gasteiger partial charge in [-0.3, -0.25) is 4.57 Å². The minimum atomic E-state index is 0.790. The maximum Gasteiger partial charge on any atom is 0.165 e. The highest BCUT2D eigenvalue weighted by Crippen LogP contribution is 2.44. The van der Waals surface area contributed by atoms with E-state index in [0.717, 1.165) is 83.2 Å². The number of benzene rings is 9. The lowest BCUT2D eigenvalue weighted by Crippen LogP contribution is -2.05. The summed E-state index contributed by atoms with van der Waals surface area (Å²) in [5, 5.41) is 7.06. The fourth-order valence-corrected chi connectivity index (χ4v) is 9.24. The Morgan fingerprint density at radius 2 is 0.897 bits per heavy atom. The Morgan fingerprint density at radius 1 is 0.362 bits per heavy atom. The van der Waals surface area contributed by atoms with Crippen LogP contribution >= 0.6 is 0 Å². The normalized spacial score (nSPS) is 11.8. The molecule has 0 unspecified atom stereocenters. The molecule has 0 atom stereocenters. The topological polar surface area (TPSA) is 35.6 Å². The molecule has 0 aliphatic carbocycles.